The largest absolute Gasteiger partial charge is 0.507 e. The van der Waals surface area contributed by atoms with Gasteiger partial charge >= 0.3 is 0 Å². The minimum absolute atomic E-state index is 0.124. The van der Waals surface area contributed by atoms with Crippen LogP contribution in [0.5, 0.6) is 5.75 Å². The highest BCUT2D eigenvalue weighted by Gasteiger charge is 2.46. The Morgan fingerprint density at radius 1 is 1.20 bits per heavy atom. The van der Waals surface area contributed by atoms with Crippen LogP contribution in [0.15, 0.2) is 60.7 Å². The van der Waals surface area contributed by atoms with Gasteiger partial charge in [-0.3, -0.25) is 14.5 Å². The van der Waals surface area contributed by atoms with Crippen molar-refractivity contribution in [2.24, 2.45) is 0 Å². The first-order chi connectivity index (χ1) is 16.9. The van der Waals surface area contributed by atoms with Crippen molar-refractivity contribution in [3.8, 4) is 5.75 Å². The number of carbonyl (C=O) groups excluding carboxylic acids is 2. The Balaban J connectivity index is 1.73. The lowest BCUT2D eigenvalue weighted by molar-refractivity contribution is -0.140. The van der Waals surface area contributed by atoms with Crippen molar-refractivity contribution >= 4 is 17.4 Å². The van der Waals surface area contributed by atoms with E-state index in [1.54, 1.807) is 42.5 Å². The fourth-order valence-corrected chi connectivity index (χ4v) is 4.47. The molecule has 8 heteroatoms. The number of hydrogen-bond donors (Lipinski definition) is 1. The summed E-state index contributed by atoms with van der Waals surface area (Å²) in [6, 6.07) is 9.95. The van der Waals surface area contributed by atoms with Gasteiger partial charge in [0.15, 0.2) is 0 Å². The maximum absolute atomic E-state index is 14.9. The van der Waals surface area contributed by atoms with Crippen LogP contribution < -0.4 is 4.74 Å². The first kappa shape index (κ1) is 24.6. The van der Waals surface area contributed by atoms with Crippen molar-refractivity contribution in [3.05, 3.63) is 83.2 Å². The smallest absolute Gasteiger partial charge is 0.295 e. The molecule has 0 unspecified atom stereocenters. The van der Waals surface area contributed by atoms with E-state index in [0.29, 0.717) is 50.8 Å². The van der Waals surface area contributed by atoms with Gasteiger partial charge in [0, 0.05) is 37.3 Å². The van der Waals surface area contributed by atoms with Crippen molar-refractivity contribution < 1.29 is 28.6 Å². The Morgan fingerprint density at radius 2 is 1.94 bits per heavy atom. The zero-order chi connectivity index (χ0) is 24.9. The van der Waals surface area contributed by atoms with Crippen LogP contribution in [0.3, 0.4) is 0 Å². The molecule has 1 amide bonds. The number of halogens is 1. The van der Waals surface area contributed by atoms with Crippen LogP contribution in [0.25, 0.3) is 5.76 Å². The highest BCUT2D eigenvalue weighted by Crippen LogP contribution is 2.40. The number of aliphatic hydroxyl groups excluding tert-OH is 1. The Labute approximate surface area is 204 Å². The number of carbonyl (C=O) groups is 2. The lowest BCUT2D eigenvalue weighted by Crippen LogP contribution is -2.42. The molecule has 184 valence electrons. The van der Waals surface area contributed by atoms with E-state index in [-0.39, 0.29) is 23.4 Å². The first-order valence-corrected chi connectivity index (χ1v) is 11.6. The Kier molecular flexibility index (Phi) is 7.63. The van der Waals surface area contributed by atoms with Gasteiger partial charge in [0.25, 0.3) is 11.7 Å². The van der Waals surface area contributed by atoms with E-state index in [0.717, 1.165) is 5.56 Å². The van der Waals surface area contributed by atoms with Crippen molar-refractivity contribution in [2.75, 3.05) is 46.0 Å². The Morgan fingerprint density at radius 3 is 2.63 bits per heavy atom. The van der Waals surface area contributed by atoms with Crippen LogP contribution in [0.4, 0.5) is 4.39 Å². The van der Waals surface area contributed by atoms with E-state index in [2.05, 4.69) is 11.5 Å². The van der Waals surface area contributed by atoms with E-state index in [4.69, 9.17) is 9.47 Å². The zero-order valence-corrected chi connectivity index (χ0v) is 19.7. The average Bonchev–Trinajstić information content (AvgIpc) is 3.12. The number of Topliss-reactive ketones (excluding diaryl/α,β-unsaturated/α-hetero) is 1. The topological polar surface area (TPSA) is 79.3 Å². The van der Waals surface area contributed by atoms with Gasteiger partial charge < -0.3 is 19.5 Å². The SMILES string of the molecule is C=CCOc1ccc(C(O)=C2C(=O)C(=O)N(CCN3CCOCC3)[C@H]2c2ccccc2F)cc1C. The van der Waals surface area contributed by atoms with Crippen LogP contribution in [-0.4, -0.2) is 72.6 Å². The second-order valence-corrected chi connectivity index (χ2v) is 8.55. The monoisotopic (exact) mass is 480 g/mol. The van der Waals surface area contributed by atoms with Crippen molar-refractivity contribution in [1.29, 1.82) is 0 Å². The van der Waals surface area contributed by atoms with Gasteiger partial charge in [0.1, 0.15) is 23.9 Å². The molecule has 2 aromatic carbocycles. The predicted molar refractivity (Wildman–Crippen MR) is 130 cm³/mol. The van der Waals surface area contributed by atoms with Crippen LogP contribution in [0.2, 0.25) is 0 Å². The third-order valence-electron chi connectivity index (χ3n) is 6.31. The molecular weight excluding hydrogens is 451 g/mol. The molecule has 0 bridgehead atoms. The van der Waals surface area contributed by atoms with Gasteiger partial charge in [0.2, 0.25) is 0 Å². The first-order valence-electron chi connectivity index (χ1n) is 11.6. The van der Waals surface area contributed by atoms with Crippen LogP contribution in [0.1, 0.15) is 22.7 Å². The van der Waals surface area contributed by atoms with Crippen molar-refractivity contribution in [3.63, 3.8) is 0 Å². The molecule has 2 aromatic rings. The molecule has 2 aliphatic rings. The molecule has 2 aliphatic heterocycles. The maximum Gasteiger partial charge on any atom is 0.295 e. The highest BCUT2D eigenvalue weighted by molar-refractivity contribution is 6.46. The molecule has 7 nitrogen and oxygen atoms in total. The van der Waals surface area contributed by atoms with Gasteiger partial charge in [0.05, 0.1) is 24.8 Å². The van der Waals surface area contributed by atoms with Gasteiger partial charge in [-0.05, 0) is 36.8 Å². The van der Waals surface area contributed by atoms with E-state index >= 15 is 0 Å². The minimum atomic E-state index is -1.03. The zero-order valence-electron chi connectivity index (χ0n) is 19.7. The number of benzene rings is 2. The molecule has 35 heavy (non-hydrogen) atoms. The molecule has 0 aliphatic carbocycles. The number of ketones is 1. The van der Waals surface area contributed by atoms with E-state index < -0.39 is 23.5 Å². The summed E-state index contributed by atoms with van der Waals surface area (Å²) in [5.74, 6) is -1.87. The number of nitrogens with zero attached hydrogens (tertiary/aromatic N) is 2. The number of morpholine rings is 1. The number of hydrogen-bond acceptors (Lipinski definition) is 6. The molecule has 0 saturated carbocycles. The summed E-state index contributed by atoms with van der Waals surface area (Å²) in [5.41, 5.74) is 1.12. The average molecular weight is 481 g/mol. The number of likely N-dealkylation sites (tertiary alicyclic amines) is 1. The third kappa shape index (κ3) is 5.13. The second-order valence-electron chi connectivity index (χ2n) is 8.55. The van der Waals surface area contributed by atoms with Crippen LogP contribution in [0, 0.1) is 12.7 Å². The lowest BCUT2D eigenvalue weighted by Gasteiger charge is -2.31. The summed E-state index contributed by atoms with van der Waals surface area (Å²) in [6.07, 6.45) is 1.63. The number of amides is 1. The molecule has 0 radical (unpaired) electrons. The summed E-state index contributed by atoms with van der Waals surface area (Å²) in [6.45, 7) is 9.12. The summed E-state index contributed by atoms with van der Waals surface area (Å²) in [7, 11) is 0. The highest BCUT2D eigenvalue weighted by atomic mass is 19.1. The van der Waals surface area contributed by atoms with Crippen molar-refractivity contribution in [1.82, 2.24) is 9.80 Å². The molecule has 0 aromatic heterocycles. The summed E-state index contributed by atoms with van der Waals surface area (Å²) < 4.78 is 25.9. The fourth-order valence-electron chi connectivity index (χ4n) is 4.47. The molecule has 1 N–H and O–H groups in total. The van der Waals surface area contributed by atoms with Crippen LogP contribution >= 0.6 is 0 Å². The van der Waals surface area contributed by atoms with Gasteiger partial charge in [-0.2, -0.15) is 0 Å². The molecule has 4 rings (SSSR count). The van der Waals surface area contributed by atoms with Crippen LogP contribution in [-0.2, 0) is 14.3 Å². The van der Waals surface area contributed by atoms with E-state index in [1.165, 1.54) is 11.0 Å². The normalized spacial score (nSPS) is 20.3. The number of rotatable bonds is 8. The standard InChI is InChI=1S/C27H29FN2O5/c1-3-14-35-22-9-8-19(17-18(22)2)25(31)23-24(20-6-4-5-7-21(20)28)30(27(33)26(23)32)11-10-29-12-15-34-16-13-29/h3-9,17,24,31H,1,10-16H2,2H3/t24-/m0/s1. The number of aliphatic hydroxyl groups is 1. The predicted octanol–water partition coefficient (Wildman–Crippen LogP) is 3.45. The quantitative estimate of drug-likeness (QED) is 0.270. The third-order valence-corrected chi connectivity index (χ3v) is 6.31. The second kappa shape index (κ2) is 10.8. The molecule has 2 heterocycles. The lowest BCUT2D eigenvalue weighted by atomic mass is 9.94. The van der Waals surface area contributed by atoms with E-state index in [9.17, 15) is 19.1 Å². The Bertz CT molecular complexity index is 1160. The summed E-state index contributed by atoms with van der Waals surface area (Å²) in [4.78, 5) is 29.8. The molecule has 0 spiro atoms. The molecular formula is C27H29FN2O5. The maximum atomic E-state index is 14.9. The van der Waals surface area contributed by atoms with Gasteiger partial charge in [-0.15, -0.1) is 0 Å². The summed E-state index contributed by atoms with van der Waals surface area (Å²) >= 11 is 0. The number of aryl methyl sites for hydroxylation is 1. The molecule has 2 fully saturated rings. The fraction of sp³-hybridized carbons (Fsp3) is 0.333. The molecule has 2 saturated heterocycles. The van der Waals surface area contributed by atoms with Gasteiger partial charge in [-0.25, -0.2) is 4.39 Å². The molecule has 1 atom stereocenters. The minimum Gasteiger partial charge on any atom is -0.507 e. The van der Waals surface area contributed by atoms with Crippen molar-refractivity contribution in [2.45, 2.75) is 13.0 Å². The van der Waals surface area contributed by atoms with Gasteiger partial charge in [-0.1, -0.05) is 30.9 Å². The number of ether oxygens (including phenoxy) is 2. The summed E-state index contributed by atoms with van der Waals surface area (Å²) in [5, 5.41) is 11.2. The Hall–Kier alpha value is -3.49. The van der Waals surface area contributed by atoms with E-state index in [1.807, 2.05) is 6.92 Å².